The number of aromatic nitrogens is 2. The van der Waals surface area contributed by atoms with Gasteiger partial charge in [-0.1, -0.05) is 72.2 Å². The van der Waals surface area contributed by atoms with E-state index >= 15 is 0 Å². The van der Waals surface area contributed by atoms with Crippen LogP contribution in [0, 0.1) is 44.1 Å². The maximum atomic E-state index is 7.26. The van der Waals surface area contributed by atoms with Gasteiger partial charge in [-0.3, -0.25) is 20.0 Å². The first-order valence-corrected chi connectivity index (χ1v) is 16.6. The molecule has 246 valence electrons. The van der Waals surface area contributed by atoms with Gasteiger partial charge in [-0.25, -0.2) is 0 Å². The number of nitriles is 2. The van der Waals surface area contributed by atoms with Crippen molar-refractivity contribution in [1.82, 2.24) is 9.97 Å². The van der Waals surface area contributed by atoms with Crippen molar-refractivity contribution in [3.8, 4) is 33.6 Å². The maximum absolute atomic E-state index is 7.26. The van der Waals surface area contributed by atoms with Gasteiger partial charge in [0.25, 0.3) is 0 Å². The van der Waals surface area contributed by atoms with Gasteiger partial charge in [-0.05, 0) is 97.1 Å². The quantitative estimate of drug-likeness (QED) is 0.103. The molecule has 0 spiro atoms. The Morgan fingerprint density at radius 2 is 0.725 bits per heavy atom. The van der Waals surface area contributed by atoms with E-state index in [9.17, 15) is 0 Å². The Hall–Kier alpha value is -5.82. The van der Waals surface area contributed by atoms with Gasteiger partial charge in [0.15, 0.2) is 0 Å². The molecule has 51 heavy (non-hydrogen) atoms. The third-order valence-electron chi connectivity index (χ3n) is 6.05. The minimum atomic E-state index is 0. The fraction of sp³-hybridized carbons (Fsp3) is 0. The first kappa shape index (κ1) is 41.3. The fourth-order valence-corrected chi connectivity index (χ4v) is 3.78. The van der Waals surface area contributed by atoms with Crippen molar-refractivity contribution in [3.63, 3.8) is 0 Å². The summed E-state index contributed by atoms with van der Waals surface area (Å²) in [7, 11) is 0. The van der Waals surface area contributed by atoms with E-state index < -0.39 is 0 Å². The number of hydrogen-bond donors (Lipinski definition) is 0. The number of aliphatic imine (C=N–C) groups is 2. The minimum absolute atomic E-state index is 0. The Balaban J connectivity index is 0.000000301. The van der Waals surface area contributed by atoms with E-state index in [1.807, 2.05) is 146 Å². The second-order valence-corrected chi connectivity index (χ2v) is 10.3. The molecule has 4 aromatic carbocycles. The number of rotatable bonds is 4. The Morgan fingerprint density at radius 3 is 1.02 bits per heavy atom. The molecule has 0 N–H and O–H groups in total. The zero-order valence-electron chi connectivity index (χ0n) is 27.0. The summed E-state index contributed by atoms with van der Waals surface area (Å²) in [5.74, 6) is 12.6. The number of nitrogens with zero attached hydrogens (tertiary/aromatic N) is 6. The molecule has 6 rings (SSSR count). The van der Waals surface area contributed by atoms with Crippen molar-refractivity contribution in [2.45, 2.75) is 0 Å². The molecule has 6 aromatic rings. The molecule has 0 saturated heterocycles. The third kappa shape index (κ3) is 17.9. The summed E-state index contributed by atoms with van der Waals surface area (Å²) in [4.78, 5) is 20.5. The monoisotopic (exact) mass is 832 g/mol. The molecule has 0 amide bonds. The molecule has 6 nitrogen and oxygen atoms in total. The summed E-state index contributed by atoms with van der Waals surface area (Å²) in [6.07, 6.45) is 7.02. The van der Waals surface area contributed by atoms with Crippen molar-refractivity contribution < 1.29 is 17.1 Å². The fourth-order valence-electron chi connectivity index (χ4n) is 3.78. The van der Waals surface area contributed by atoms with Crippen LogP contribution in [0.25, 0.3) is 0 Å². The van der Waals surface area contributed by atoms with Gasteiger partial charge in [-0.2, -0.15) is 0 Å². The molecule has 2 aromatic heterocycles. The van der Waals surface area contributed by atoms with Crippen molar-refractivity contribution in [1.29, 1.82) is 10.5 Å². The van der Waals surface area contributed by atoms with Gasteiger partial charge in [0.1, 0.15) is 0 Å². The summed E-state index contributed by atoms with van der Waals surface area (Å²) < 4.78 is 0. The zero-order valence-corrected chi connectivity index (χ0v) is 31.5. The van der Waals surface area contributed by atoms with E-state index in [2.05, 4.69) is 75.7 Å². The molecule has 0 atom stereocenters. The van der Waals surface area contributed by atoms with Crippen molar-refractivity contribution in [2.24, 2.45) is 9.98 Å². The second kappa shape index (κ2) is 26.1. The van der Waals surface area contributed by atoms with Crippen LogP contribution in [0.1, 0.15) is 33.6 Å². The molecule has 9 heteroatoms. The van der Waals surface area contributed by atoms with E-state index in [1.54, 1.807) is 34.8 Å². The summed E-state index contributed by atoms with van der Waals surface area (Å²) in [6, 6.07) is 47.1. The molecular formula is C42H28FeN6Se2. The molecule has 0 aliphatic rings. The molecule has 0 unspecified atom stereocenters. The SMILES string of the molecule is C(#Cc1ccc(N=Cc2ccccn2)cc1)c1ccccc1.C(#Cc1ccc(N=Cc2ccccn2)cc1)c1ccccc1.N#C[Se-].N#C[Se-].[Fe+2]. The van der Waals surface area contributed by atoms with Crippen LogP contribution >= 0.6 is 0 Å². The summed E-state index contributed by atoms with van der Waals surface area (Å²) in [5.41, 5.74) is 7.43. The summed E-state index contributed by atoms with van der Waals surface area (Å²) in [5, 5.41) is 14.5. The summed E-state index contributed by atoms with van der Waals surface area (Å²) >= 11 is 4.22. The van der Waals surface area contributed by atoms with Crippen LogP contribution < -0.4 is 0 Å². The smallest absolute Gasteiger partial charge is 2.00 e. The third-order valence-corrected chi connectivity index (χ3v) is 6.05. The van der Waals surface area contributed by atoms with Gasteiger partial charge in [0, 0.05) is 34.6 Å². The van der Waals surface area contributed by atoms with Gasteiger partial charge in [-0.15, -0.1) is 0 Å². The number of benzene rings is 4. The Labute approximate surface area is 326 Å². The molecule has 2 heterocycles. The van der Waals surface area contributed by atoms with Crippen LogP contribution in [0.15, 0.2) is 168 Å². The van der Waals surface area contributed by atoms with E-state index in [0.29, 0.717) is 0 Å². The normalized spacial score (nSPS) is 9.06. The Morgan fingerprint density at radius 1 is 0.431 bits per heavy atom. The number of pyridine rings is 2. The standard InChI is InChI=1S/2C20H14N2.2CHNSe.Fe/c2*1-2-6-17(7-3-1)9-10-18-11-13-19(14-12-18)22-16-20-8-4-5-15-21-20;2*2-1-3;/h2*1-8,11-16H;2*3H;/q;;;;+2/p-2. The van der Waals surface area contributed by atoms with Gasteiger partial charge in [0.2, 0.25) is 0 Å². The molecule has 0 aliphatic carbocycles. The van der Waals surface area contributed by atoms with Crippen LogP contribution in [0.2, 0.25) is 0 Å². The molecular weight excluding hydrogens is 802 g/mol. The van der Waals surface area contributed by atoms with Crippen molar-refractivity contribution >= 4 is 55.8 Å². The van der Waals surface area contributed by atoms with E-state index in [1.165, 1.54) is 0 Å². The van der Waals surface area contributed by atoms with Crippen LogP contribution in [0.5, 0.6) is 0 Å². The van der Waals surface area contributed by atoms with Crippen LogP contribution in [-0.4, -0.2) is 54.4 Å². The average molecular weight is 830 g/mol. The van der Waals surface area contributed by atoms with E-state index in [-0.39, 0.29) is 17.1 Å². The van der Waals surface area contributed by atoms with Gasteiger partial charge < -0.3 is 0 Å². The number of hydrogen-bond acceptors (Lipinski definition) is 6. The van der Waals surface area contributed by atoms with Gasteiger partial charge in [0.05, 0.1) is 35.2 Å². The largest absolute Gasteiger partial charge is 2.00 e. The predicted molar refractivity (Wildman–Crippen MR) is 203 cm³/mol. The predicted octanol–water partition coefficient (Wildman–Crippen LogP) is 7.73. The Kier molecular flexibility index (Phi) is 21.2. The van der Waals surface area contributed by atoms with Crippen LogP contribution in [0.3, 0.4) is 0 Å². The Bertz CT molecular complexity index is 1970. The molecule has 0 bridgehead atoms. The zero-order chi connectivity index (χ0) is 35.5. The van der Waals surface area contributed by atoms with Crippen LogP contribution in [-0.2, 0) is 17.1 Å². The van der Waals surface area contributed by atoms with Crippen molar-refractivity contribution in [3.05, 3.63) is 192 Å². The maximum Gasteiger partial charge on any atom is 2.00 e. The molecule has 0 fully saturated rings. The van der Waals surface area contributed by atoms with Gasteiger partial charge >= 0.3 is 69.6 Å². The average Bonchev–Trinajstić information content (AvgIpc) is 3.18. The minimum Gasteiger partial charge on any atom is 2.00 e. The molecule has 0 radical (unpaired) electrons. The molecule has 0 saturated carbocycles. The first-order chi connectivity index (χ1) is 24.6. The second-order valence-electron chi connectivity index (χ2n) is 9.53. The summed E-state index contributed by atoms with van der Waals surface area (Å²) in [6.45, 7) is 0. The topological polar surface area (TPSA) is 98.1 Å². The van der Waals surface area contributed by atoms with E-state index in [4.69, 9.17) is 10.5 Å². The van der Waals surface area contributed by atoms with E-state index in [0.717, 1.165) is 45.0 Å². The first-order valence-electron chi connectivity index (χ1n) is 14.9. The van der Waals surface area contributed by atoms with Crippen molar-refractivity contribution in [2.75, 3.05) is 0 Å². The molecule has 0 aliphatic heterocycles. The van der Waals surface area contributed by atoms with Crippen LogP contribution in [0.4, 0.5) is 11.4 Å².